The zero-order valence-corrected chi connectivity index (χ0v) is 21.7. The van der Waals surface area contributed by atoms with E-state index in [1.807, 2.05) is 61.5 Å². The summed E-state index contributed by atoms with van der Waals surface area (Å²) in [6.07, 6.45) is 1.53. The first kappa shape index (κ1) is 24.3. The van der Waals surface area contributed by atoms with E-state index in [0.29, 0.717) is 16.9 Å². The number of imidazole rings is 1. The van der Waals surface area contributed by atoms with Crippen molar-refractivity contribution >= 4 is 49.3 Å². The molecule has 0 unspecified atom stereocenters. The number of thioether (sulfide) groups is 1. The summed E-state index contributed by atoms with van der Waals surface area (Å²) in [4.78, 5) is 17.4. The second-order valence-corrected chi connectivity index (χ2v) is 11.6. The zero-order valence-electron chi connectivity index (χ0n) is 18.5. The Bertz CT molecular complexity index is 1400. The van der Waals surface area contributed by atoms with Gasteiger partial charge in [0.1, 0.15) is 0 Å². The summed E-state index contributed by atoms with van der Waals surface area (Å²) in [5, 5.41) is 2.50. The maximum Gasteiger partial charge on any atom is 0.270 e. The number of hydrogen-bond acceptors (Lipinski definition) is 5. The van der Waals surface area contributed by atoms with Crippen molar-refractivity contribution in [3.05, 3.63) is 95.1 Å². The lowest BCUT2D eigenvalue weighted by atomic mass is 10.2. The molecule has 0 saturated carbocycles. The van der Waals surface area contributed by atoms with Gasteiger partial charge in [0.05, 0.1) is 22.0 Å². The quantitative estimate of drug-likeness (QED) is 0.284. The number of aromatic nitrogens is 2. The molecule has 0 radical (unpaired) electrons. The van der Waals surface area contributed by atoms with Crippen LogP contribution in [-0.4, -0.2) is 28.5 Å². The highest BCUT2D eigenvalue weighted by atomic mass is 79.9. The molecule has 4 aromatic rings. The molecule has 0 aliphatic rings. The first-order valence-corrected chi connectivity index (χ1v) is 13.6. The van der Waals surface area contributed by atoms with Gasteiger partial charge in [0, 0.05) is 15.7 Å². The van der Waals surface area contributed by atoms with Crippen LogP contribution in [0.3, 0.4) is 0 Å². The van der Waals surface area contributed by atoms with E-state index < -0.39 is 15.3 Å². The number of carbonyl (C=O) groups excluding carboxylic acids is 1. The van der Waals surface area contributed by atoms with Crippen molar-refractivity contribution in [1.29, 1.82) is 0 Å². The van der Waals surface area contributed by atoms with Crippen LogP contribution in [0.25, 0.3) is 11.3 Å². The fraction of sp³-hybridized carbons (Fsp3) is 0.120. The lowest BCUT2D eigenvalue weighted by Crippen LogP contribution is -2.24. The third-order valence-electron chi connectivity index (χ3n) is 5.08. The van der Waals surface area contributed by atoms with E-state index in [0.717, 1.165) is 21.8 Å². The number of benzene rings is 3. The predicted molar refractivity (Wildman–Crippen MR) is 140 cm³/mol. The summed E-state index contributed by atoms with van der Waals surface area (Å²) in [6.45, 7) is 3.70. The van der Waals surface area contributed by atoms with Crippen molar-refractivity contribution < 1.29 is 13.2 Å². The summed E-state index contributed by atoms with van der Waals surface area (Å²) >= 11 is 4.44. The predicted octanol–water partition coefficient (Wildman–Crippen LogP) is 5.98. The van der Waals surface area contributed by atoms with Gasteiger partial charge in [0.15, 0.2) is 5.16 Å². The van der Waals surface area contributed by atoms with Gasteiger partial charge in [-0.3, -0.25) is 4.79 Å². The fourth-order valence-electron chi connectivity index (χ4n) is 3.24. The average Bonchev–Trinajstić information content (AvgIpc) is 3.26. The first-order valence-electron chi connectivity index (χ1n) is 10.4. The van der Waals surface area contributed by atoms with Gasteiger partial charge in [-0.15, -0.1) is 0 Å². The minimum absolute atomic E-state index is 0.129. The summed E-state index contributed by atoms with van der Waals surface area (Å²) < 4.78 is 29.4. The SMILES string of the molecule is Cc1ccc(NC(=O)[C@H](C)Sc2ncc(-c3ccccc3)n2S(=O)(=O)c2ccc(Br)cc2)cc1. The molecule has 0 spiro atoms. The standard InChI is InChI=1S/C25H22BrN3O3S2/c1-17-8-12-21(13-9-17)28-24(30)18(2)33-25-27-16-23(19-6-4-3-5-7-19)29(25)34(31,32)22-14-10-20(26)11-15-22/h3-16,18H,1-2H3,(H,28,30)/t18-/m0/s1. The topological polar surface area (TPSA) is 81.1 Å². The zero-order chi connectivity index (χ0) is 24.3. The fourth-order valence-corrected chi connectivity index (χ4v) is 6.07. The molecule has 1 aromatic heterocycles. The average molecular weight is 557 g/mol. The Hall–Kier alpha value is -2.88. The molecule has 6 nitrogen and oxygen atoms in total. The smallest absolute Gasteiger partial charge is 0.270 e. The molecule has 0 aliphatic carbocycles. The van der Waals surface area contributed by atoms with Gasteiger partial charge in [0.25, 0.3) is 10.0 Å². The van der Waals surface area contributed by atoms with Crippen molar-refractivity contribution in [2.45, 2.75) is 29.1 Å². The number of nitrogens with zero attached hydrogens (tertiary/aromatic N) is 2. The third-order valence-corrected chi connectivity index (χ3v) is 8.51. The Labute approximate surface area is 211 Å². The molecule has 0 fully saturated rings. The largest absolute Gasteiger partial charge is 0.325 e. The summed E-state index contributed by atoms with van der Waals surface area (Å²) in [6, 6.07) is 23.1. The van der Waals surface area contributed by atoms with Crippen LogP contribution in [0, 0.1) is 6.92 Å². The maximum absolute atomic E-state index is 13.7. The number of nitrogens with one attached hydrogen (secondary N) is 1. The Morgan fingerprint density at radius 3 is 2.29 bits per heavy atom. The summed E-state index contributed by atoms with van der Waals surface area (Å²) in [5.74, 6) is -0.245. The second-order valence-electron chi connectivity index (χ2n) is 7.63. The molecular weight excluding hydrogens is 534 g/mol. The molecule has 34 heavy (non-hydrogen) atoms. The van der Waals surface area contributed by atoms with Crippen LogP contribution < -0.4 is 5.32 Å². The molecule has 9 heteroatoms. The molecule has 0 saturated heterocycles. The highest BCUT2D eigenvalue weighted by Crippen LogP contribution is 2.33. The molecule has 1 atom stereocenters. The van der Waals surface area contributed by atoms with E-state index in [4.69, 9.17) is 0 Å². The molecule has 1 heterocycles. The lowest BCUT2D eigenvalue weighted by Gasteiger charge is -2.15. The van der Waals surface area contributed by atoms with E-state index in [-0.39, 0.29) is 16.0 Å². The second kappa shape index (κ2) is 10.2. The first-order chi connectivity index (χ1) is 16.3. The molecule has 0 aliphatic heterocycles. The Kier molecular flexibility index (Phi) is 7.25. The minimum Gasteiger partial charge on any atom is -0.325 e. The van der Waals surface area contributed by atoms with Gasteiger partial charge in [-0.2, -0.15) is 0 Å². The van der Waals surface area contributed by atoms with E-state index in [1.54, 1.807) is 19.1 Å². The number of hydrogen-bond donors (Lipinski definition) is 1. The number of halogens is 1. The maximum atomic E-state index is 13.7. The van der Waals surface area contributed by atoms with Crippen LogP contribution >= 0.6 is 27.7 Å². The van der Waals surface area contributed by atoms with Gasteiger partial charge >= 0.3 is 0 Å². The number of rotatable bonds is 7. The van der Waals surface area contributed by atoms with Crippen LogP contribution in [0.1, 0.15) is 12.5 Å². The molecule has 174 valence electrons. The summed E-state index contributed by atoms with van der Waals surface area (Å²) in [7, 11) is -3.98. The number of anilines is 1. The van der Waals surface area contributed by atoms with Crippen LogP contribution in [0.4, 0.5) is 5.69 Å². The normalized spacial score (nSPS) is 12.3. The van der Waals surface area contributed by atoms with Crippen LogP contribution in [-0.2, 0) is 14.8 Å². The van der Waals surface area contributed by atoms with Crippen LogP contribution in [0.2, 0.25) is 0 Å². The van der Waals surface area contributed by atoms with Gasteiger partial charge in [0.2, 0.25) is 5.91 Å². The van der Waals surface area contributed by atoms with E-state index in [1.165, 1.54) is 22.3 Å². The highest BCUT2D eigenvalue weighted by Gasteiger charge is 2.28. The van der Waals surface area contributed by atoms with Crippen molar-refractivity contribution in [2.75, 3.05) is 5.32 Å². The summed E-state index contributed by atoms with van der Waals surface area (Å²) in [5.41, 5.74) is 2.91. The Morgan fingerprint density at radius 2 is 1.65 bits per heavy atom. The molecule has 1 N–H and O–H groups in total. The monoisotopic (exact) mass is 555 g/mol. The Balaban J connectivity index is 1.70. The van der Waals surface area contributed by atoms with Gasteiger partial charge < -0.3 is 5.32 Å². The molecule has 4 rings (SSSR count). The van der Waals surface area contributed by atoms with Crippen molar-refractivity contribution in [2.24, 2.45) is 0 Å². The molecular formula is C25H22BrN3O3S2. The lowest BCUT2D eigenvalue weighted by molar-refractivity contribution is -0.115. The Morgan fingerprint density at radius 1 is 1.00 bits per heavy atom. The highest BCUT2D eigenvalue weighted by molar-refractivity contribution is 9.10. The van der Waals surface area contributed by atoms with Crippen LogP contribution in [0.5, 0.6) is 0 Å². The molecule has 0 bridgehead atoms. The van der Waals surface area contributed by atoms with Crippen molar-refractivity contribution in [3.63, 3.8) is 0 Å². The van der Waals surface area contributed by atoms with Crippen LogP contribution in [0.15, 0.2) is 99.6 Å². The molecule has 1 amide bonds. The third kappa shape index (κ3) is 5.27. The van der Waals surface area contributed by atoms with E-state index in [2.05, 4.69) is 26.2 Å². The van der Waals surface area contributed by atoms with Gasteiger partial charge in [-0.1, -0.05) is 75.7 Å². The number of carbonyl (C=O) groups is 1. The number of aryl methyl sites for hydroxylation is 1. The van der Waals surface area contributed by atoms with Gasteiger partial charge in [-0.05, 0) is 50.2 Å². The van der Waals surface area contributed by atoms with E-state index >= 15 is 0 Å². The van der Waals surface area contributed by atoms with Crippen molar-refractivity contribution in [1.82, 2.24) is 8.96 Å². The molecule has 3 aromatic carbocycles. The van der Waals surface area contributed by atoms with Crippen molar-refractivity contribution in [3.8, 4) is 11.3 Å². The van der Waals surface area contributed by atoms with E-state index in [9.17, 15) is 13.2 Å². The van der Waals surface area contributed by atoms with Gasteiger partial charge in [-0.25, -0.2) is 17.4 Å². The minimum atomic E-state index is -3.98. The number of amides is 1.